The third-order valence-electron chi connectivity index (χ3n) is 1.49. The standard InChI is InChI=1S/C6H14O6S4.Ba/c7-15(8,13)11-5-3-1-2-4-6-12-16(9,10)14;/h1-6H2,(H,7,8,13)(H,9,10,14);/q;+2/p-2. The molecule has 17 heavy (non-hydrogen) atoms. The van der Waals surface area contributed by atoms with Gasteiger partial charge in [0.2, 0.25) is 0 Å². The van der Waals surface area contributed by atoms with E-state index in [9.17, 15) is 17.5 Å². The molecule has 0 heterocycles. The zero-order chi connectivity index (χ0) is 12.7. The maximum atomic E-state index is 10.4. The van der Waals surface area contributed by atoms with E-state index in [-0.39, 0.29) is 62.1 Å². The number of hydrogen-bond acceptors (Lipinski definition) is 8. The summed E-state index contributed by atoms with van der Waals surface area (Å²) in [4.78, 5) is 0. The molecule has 6 nitrogen and oxygen atoms in total. The molecule has 0 N–H and O–H groups in total. The first-order chi connectivity index (χ1) is 7.21. The normalized spacial score (nSPS) is 17.8. The van der Waals surface area contributed by atoms with Crippen LogP contribution in [-0.4, -0.2) is 79.6 Å². The quantitative estimate of drug-likeness (QED) is 0.355. The van der Waals surface area contributed by atoms with Crippen LogP contribution in [0.3, 0.4) is 0 Å². The molecule has 2 unspecified atom stereocenters. The molecule has 0 rings (SSSR count). The van der Waals surface area contributed by atoms with E-state index in [0.717, 1.165) is 0 Å². The van der Waals surface area contributed by atoms with Gasteiger partial charge in [0, 0.05) is 0 Å². The molecule has 0 aliphatic carbocycles. The molecular formula is C6H12BaO6S4. The van der Waals surface area contributed by atoms with E-state index in [4.69, 9.17) is 0 Å². The second-order valence-electron chi connectivity index (χ2n) is 2.87. The molecule has 0 saturated heterocycles. The third-order valence-corrected chi connectivity index (χ3v) is 2.98. The van der Waals surface area contributed by atoms with Gasteiger partial charge in [-0.1, -0.05) is 12.8 Å². The van der Waals surface area contributed by atoms with Crippen molar-refractivity contribution < 1.29 is 25.9 Å². The van der Waals surface area contributed by atoms with Crippen LogP contribution >= 0.6 is 0 Å². The smallest absolute Gasteiger partial charge is 0.748 e. The Morgan fingerprint density at radius 2 is 1.12 bits per heavy atom. The topological polar surface area (TPSA) is 98.7 Å². The van der Waals surface area contributed by atoms with Crippen LogP contribution in [0.1, 0.15) is 25.7 Å². The van der Waals surface area contributed by atoms with Crippen LogP contribution in [0.25, 0.3) is 0 Å². The first-order valence-corrected chi connectivity index (χ1v) is 9.08. The third kappa shape index (κ3) is 20.6. The summed E-state index contributed by atoms with van der Waals surface area (Å²) >= 11 is 7.99. The van der Waals surface area contributed by atoms with E-state index in [1.54, 1.807) is 0 Å². The molecule has 0 amide bonds. The Hall–Kier alpha value is 2.15. The van der Waals surface area contributed by atoms with Gasteiger partial charge in [0.15, 0.2) is 0 Å². The summed E-state index contributed by atoms with van der Waals surface area (Å²) in [7, 11) is -7.55. The predicted molar refractivity (Wildman–Crippen MR) is 68.7 cm³/mol. The van der Waals surface area contributed by atoms with Gasteiger partial charge in [0.1, 0.15) is 0 Å². The molecule has 0 aromatic rings. The molecule has 0 aliphatic rings. The van der Waals surface area contributed by atoms with Crippen LogP contribution in [0.5, 0.6) is 0 Å². The molecule has 0 bridgehead atoms. The van der Waals surface area contributed by atoms with Crippen molar-refractivity contribution in [3.63, 3.8) is 0 Å². The van der Waals surface area contributed by atoms with E-state index in [0.29, 0.717) is 25.7 Å². The van der Waals surface area contributed by atoms with Gasteiger partial charge in [-0.2, -0.15) is 0 Å². The Labute approximate surface area is 152 Å². The molecular weight excluding hydrogens is 434 g/mol. The summed E-state index contributed by atoms with van der Waals surface area (Å²) in [6.45, 7) is 0.0953. The van der Waals surface area contributed by atoms with Gasteiger partial charge < -0.3 is 9.11 Å². The SMILES string of the molecule is O=S([O-])(=S)OCCCCCCOS(=O)([O-])=S.[Ba+2]. The Bertz CT molecular complexity index is 339. The van der Waals surface area contributed by atoms with Crippen molar-refractivity contribution in [1.29, 1.82) is 0 Å². The minimum absolute atomic E-state index is 0. The Kier molecular flexibility index (Phi) is 13.7. The van der Waals surface area contributed by atoms with Crippen molar-refractivity contribution in [2.45, 2.75) is 25.7 Å². The monoisotopic (exact) mass is 446 g/mol. The zero-order valence-electron chi connectivity index (χ0n) is 9.03. The van der Waals surface area contributed by atoms with Crippen LogP contribution in [0.4, 0.5) is 0 Å². The second-order valence-corrected chi connectivity index (χ2v) is 7.43. The van der Waals surface area contributed by atoms with Gasteiger partial charge in [-0.15, -0.1) is 0 Å². The minimum Gasteiger partial charge on any atom is -0.748 e. The van der Waals surface area contributed by atoms with Gasteiger partial charge >= 0.3 is 48.9 Å². The fourth-order valence-corrected chi connectivity index (χ4v) is 1.93. The molecule has 0 saturated carbocycles. The molecule has 11 heteroatoms. The summed E-state index contributed by atoms with van der Waals surface area (Å²) in [5, 5.41) is 0. The average molecular weight is 446 g/mol. The van der Waals surface area contributed by atoms with Crippen LogP contribution in [0.15, 0.2) is 0 Å². The largest absolute Gasteiger partial charge is 2.00 e. The van der Waals surface area contributed by atoms with Crippen molar-refractivity contribution >= 4 is 89.4 Å². The van der Waals surface area contributed by atoms with Gasteiger partial charge in [-0.25, -0.2) is 8.42 Å². The number of hydrogen-bond donors (Lipinski definition) is 0. The molecule has 98 valence electrons. The molecule has 0 aromatic heterocycles. The predicted octanol–water partition coefficient (Wildman–Crippen LogP) is -0.217. The Balaban J connectivity index is 0. The summed E-state index contributed by atoms with van der Waals surface area (Å²) in [5.74, 6) is 0. The first-order valence-electron chi connectivity index (χ1n) is 4.41. The van der Waals surface area contributed by atoms with Crippen LogP contribution in [0, 0.1) is 0 Å². The summed E-state index contributed by atoms with van der Waals surface area (Å²) in [6, 6.07) is 0. The maximum Gasteiger partial charge on any atom is 2.00 e. The number of rotatable bonds is 9. The molecule has 0 radical (unpaired) electrons. The molecule has 0 spiro atoms. The van der Waals surface area contributed by atoms with Crippen molar-refractivity contribution in [3.8, 4) is 0 Å². The molecule has 0 fully saturated rings. The van der Waals surface area contributed by atoms with Gasteiger partial charge in [-0.3, -0.25) is 8.37 Å². The minimum atomic E-state index is -3.78. The van der Waals surface area contributed by atoms with Crippen LogP contribution < -0.4 is 0 Å². The summed E-state index contributed by atoms with van der Waals surface area (Å²) in [5.41, 5.74) is 0. The van der Waals surface area contributed by atoms with E-state index in [2.05, 4.69) is 30.7 Å². The average Bonchev–Trinajstić information content (AvgIpc) is 2.06. The van der Waals surface area contributed by atoms with Gasteiger partial charge in [-0.05, 0) is 35.2 Å². The fourth-order valence-electron chi connectivity index (χ4n) is 0.880. The number of unbranched alkanes of at least 4 members (excludes halogenated alkanes) is 3. The molecule has 0 aromatic carbocycles. The van der Waals surface area contributed by atoms with Crippen molar-refractivity contribution in [1.82, 2.24) is 0 Å². The van der Waals surface area contributed by atoms with Crippen LogP contribution in [0.2, 0.25) is 0 Å². The van der Waals surface area contributed by atoms with Crippen molar-refractivity contribution in [3.05, 3.63) is 0 Å². The zero-order valence-corrected chi connectivity index (χ0v) is 16.7. The van der Waals surface area contributed by atoms with E-state index < -0.39 is 18.1 Å². The second kappa shape index (κ2) is 10.9. The Morgan fingerprint density at radius 1 is 0.824 bits per heavy atom. The van der Waals surface area contributed by atoms with E-state index >= 15 is 0 Å². The maximum absolute atomic E-state index is 10.4. The first kappa shape index (κ1) is 21.4. The summed E-state index contributed by atoms with van der Waals surface area (Å²) < 4.78 is 50.2. The van der Waals surface area contributed by atoms with Gasteiger partial charge in [0.05, 0.1) is 31.3 Å². The Morgan fingerprint density at radius 3 is 1.35 bits per heavy atom. The van der Waals surface area contributed by atoms with E-state index in [1.807, 2.05) is 0 Å². The van der Waals surface area contributed by atoms with E-state index in [1.165, 1.54) is 0 Å². The van der Waals surface area contributed by atoms with Crippen molar-refractivity contribution in [2.24, 2.45) is 0 Å². The van der Waals surface area contributed by atoms with Gasteiger partial charge in [0.25, 0.3) is 0 Å². The fraction of sp³-hybridized carbons (Fsp3) is 1.00. The summed E-state index contributed by atoms with van der Waals surface area (Å²) in [6.07, 6.45) is 2.48. The van der Waals surface area contributed by atoms with Crippen molar-refractivity contribution in [2.75, 3.05) is 13.2 Å². The van der Waals surface area contributed by atoms with Crippen LogP contribution in [-0.2, 0) is 48.8 Å². The molecule has 0 aliphatic heterocycles. The molecule has 2 atom stereocenters.